The predicted octanol–water partition coefficient (Wildman–Crippen LogP) is 1.36. The second-order valence-corrected chi connectivity index (χ2v) is 7.19. The van der Waals surface area contributed by atoms with Crippen molar-refractivity contribution in [3.8, 4) is 5.75 Å². The van der Waals surface area contributed by atoms with Crippen molar-refractivity contribution in [1.82, 2.24) is 0 Å². The molecular formula is C22H30N3O3+. The number of rotatable bonds is 8. The summed E-state index contributed by atoms with van der Waals surface area (Å²) in [4.78, 5) is 15.7. The molecule has 150 valence electrons. The minimum Gasteiger partial charge on any atom is -0.487 e. The van der Waals surface area contributed by atoms with Crippen molar-refractivity contribution >= 4 is 17.3 Å². The number of hydrogen-bond donors (Lipinski definition) is 2. The van der Waals surface area contributed by atoms with Crippen LogP contribution < -0.4 is 19.9 Å². The Balaban J connectivity index is 1.40. The number of nitrogens with zero attached hydrogens (tertiary/aromatic N) is 1. The molecule has 0 radical (unpaired) electrons. The Hall–Kier alpha value is -2.57. The summed E-state index contributed by atoms with van der Waals surface area (Å²) < 4.78 is 11.2. The fourth-order valence-corrected chi connectivity index (χ4v) is 3.20. The fraction of sp³-hybridized carbons (Fsp3) is 0.409. The van der Waals surface area contributed by atoms with Crippen molar-refractivity contribution in [2.45, 2.75) is 6.92 Å². The van der Waals surface area contributed by atoms with Gasteiger partial charge in [-0.05, 0) is 42.8 Å². The van der Waals surface area contributed by atoms with Gasteiger partial charge in [0, 0.05) is 24.5 Å². The maximum atomic E-state index is 12.3. The van der Waals surface area contributed by atoms with Gasteiger partial charge in [0.15, 0.2) is 6.54 Å². The summed E-state index contributed by atoms with van der Waals surface area (Å²) in [6.45, 7) is 7.12. The first-order valence-corrected chi connectivity index (χ1v) is 9.84. The number of ether oxygens (including phenoxy) is 2. The zero-order chi connectivity index (χ0) is 19.8. The first-order valence-electron chi connectivity index (χ1n) is 9.84. The van der Waals surface area contributed by atoms with Crippen LogP contribution in [-0.4, -0.2) is 59.0 Å². The smallest absolute Gasteiger partial charge is 0.279 e. The minimum absolute atomic E-state index is 0.00696. The third-order valence-electron chi connectivity index (χ3n) is 4.87. The van der Waals surface area contributed by atoms with Crippen molar-refractivity contribution in [2.75, 3.05) is 63.3 Å². The molecule has 1 atom stereocenters. The third-order valence-corrected chi connectivity index (χ3v) is 4.87. The summed E-state index contributed by atoms with van der Waals surface area (Å²) in [5.74, 6) is 0.910. The third kappa shape index (κ3) is 5.97. The molecule has 6 nitrogen and oxygen atoms in total. The van der Waals surface area contributed by atoms with Gasteiger partial charge in [-0.1, -0.05) is 18.2 Å². The number of amides is 1. The number of hydrogen-bond acceptors (Lipinski definition) is 4. The van der Waals surface area contributed by atoms with E-state index in [1.165, 1.54) is 0 Å². The van der Waals surface area contributed by atoms with E-state index in [4.69, 9.17) is 9.47 Å². The van der Waals surface area contributed by atoms with Crippen molar-refractivity contribution < 1.29 is 19.2 Å². The van der Waals surface area contributed by atoms with Crippen LogP contribution in [0.2, 0.25) is 0 Å². The van der Waals surface area contributed by atoms with E-state index < -0.39 is 0 Å². The van der Waals surface area contributed by atoms with Gasteiger partial charge in [0.25, 0.3) is 5.91 Å². The van der Waals surface area contributed by atoms with Crippen LogP contribution in [0.5, 0.6) is 5.75 Å². The Bertz CT molecular complexity index is 758. The summed E-state index contributed by atoms with van der Waals surface area (Å²) in [5.41, 5.74) is 3.11. The van der Waals surface area contributed by atoms with Gasteiger partial charge in [-0.15, -0.1) is 0 Å². The van der Waals surface area contributed by atoms with Gasteiger partial charge < -0.3 is 24.6 Å². The Morgan fingerprint density at radius 1 is 1.14 bits per heavy atom. The molecule has 1 unspecified atom stereocenters. The maximum Gasteiger partial charge on any atom is 0.279 e. The van der Waals surface area contributed by atoms with E-state index in [-0.39, 0.29) is 5.91 Å². The summed E-state index contributed by atoms with van der Waals surface area (Å²) in [6.07, 6.45) is 0. The lowest BCUT2D eigenvalue weighted by Gasteiger charge is -2.28. The molecule has 2 aromatic rings. The van der Waals surface area contributed by atoms with Crippen molar-refractivity contribution in [3.63, 3.8) is 0 Å². The van der Waals surface area contributed by atoms with Crippen LogP contribution in [0.4, 0.5) is 11.4 Å². The first-order chi connectivity index (χ1) is 13.6. The molecule has 1 fully saturated rings. The highest BCUT2D eigenvalue weighted by molar-refractivity contribution is 5.91. The summed E-state index contributed by atoms with van der Waals surface area (Å²) in [7, 11) is 2.00. The van der Waals surface area contributed by atoms with Crippen LogP contribution in [0.3, 0.4) is 0 Å². The SMILES string of the molecule is Cc1ccccc1OCC[NH+](C)CC(=O)Nc1ccc(N2CCOCC2)cc1. The zero-order valence-electron chi connectivity index (χ0n) is 16.7. The average molecular weight is 385 g/mol. The number of likely N-dealkylation sites (N-methyl/N-ethyl adjacent to an activating group) is 1. The number of aryl methyl sites for hydroxylation is 1. The molecule has 6 heteroatoms. The molecular weight excluding hydrogens is 354 g/mol. The van der Waals surface area contributed by atoms with Gasteiger partial charge >= 0.3 is 0 Å². The molecule has 1 aliphatic rings. The number of carbonyl (C=O) groups is 1. The molecule has 28 heavy (non-hydrogen) atoms. The number of anilines is 2. The van der Waals surface area contributed by atoms with E-state index in [0.29, 0.717) is 13.2 Å². The normalized spacial score (nSPS) is 15.1. The molecule has 1 aliphatic heterocycles. The average Bonchev–Trinajstić information content (AvgIpc) is 2.70. The maximum absolute atomic E-state index is 12.3. The molecule has 0 bridgehead atoms. The molecule has 1 heterocycles. The molecule has 2 N–H and O–H groups in total. The second kappa shape index (κ2) is 10.1. The number of quaternary nitrogens is 1. The van der Waals surface area contributed by atoms with Crippen LogP contribution in [-0.2, 0) is 9.53 Å². The largest absolute Gasteiger partial charge is 0.487 e. The van der Waals surface area contributed by atoms with Gasteiger partial charge in [-0.25, -0.2) is 0 Å². The number of nitrogens with one attached hydrogen (secondary N) is 2. The highest BCUT2D eigenvalue weighted by Gasteiger charge is 2.13. The van der Waals surface area contributed by atoms with Gasteiger partial charge in [0.1, 0.15) is 18.9 Å². The molecule has 2 aromatic carbocycles. The summed E-state index contributed by atoms with van der Waals surface area (Å²) >= 11 is 0. The van der Waals surface area contributed by atoms with Gasteiger partial charge in [-0.2, -0.15) is 0 Å². The standard InChI is InChI=1S/C22H29N3O3/c1-18-5-3-4-6-21(18)28-16-11-24(2)17-22(26)23-19-7-9-20(10-8-19)25-12-14-27-15-13-25/h3-10H,11-17H2,1-2H3,(H,23,26)/p+1. The fourth-order valence-electron chi connectivity index (χ4n) is 3.20. The Morgan fingerprint density at radius 2 is 1.86 bits per heavy atom. The number of morpholine rings is 1. The van der Waals surface area contributed by atoms with Crippen LogP contribution in [0, 0.1) is 6.92 Å². The van der Waals surface area contributed by atoms with Crippen LogP contribution in [0.1, 0.15) is 5.56 Å². The Morgan fingerprint density at radius 3 is 2.57 bits per heavy atom. The van der Waals surface area contributed by atoms with Gasteiger partial charge in [0.2, 0.25) is 0 Å². The number of para-hydroxylation sites is 1. The van der Waals surface area contributed by atoms with Crippen LogP contribution >= 0.6 is 0 Å². The first kappa shape index (κ1) is 20.2. The summed E-state index contributed by atoms with van der Waals surface area (Å²) in [5, 5.41) is 2.98. The lowest BCUT2D eigenvalue weighted by Crippen LogP contribution is -3.10. The van der Waals surface area contributed by atoms with E-state index in [9.17, 15) is 4.79 Å². The number of carbonyl (C=O) groups excluding carboxylic acids is 1. The minimum atomic E-state index is 0.00696. The van der Waals surface area contributed by atoms with Crippen LogP contribution in [0.15, 0.2) is 48.5 Å². The van der Waals surface area contributed by atoms with Crippen molar-refractivity contribution in [3.05, 3.63) is 54.1 Å². The summed E-state index contributed by atoms with van der Waals surface area (Å²) in [6, 6.07) is 16.0. The highest BCUT2D eigenvalue weighted by atomic mass is 16.5. The quantitative estimate of drug-likeness (QED) is 0.722. The van der Waals surface area contributed by atoms with Gasteiger partial charge in [-0.3, -0.25) is 4.79 Å². The monoisotopic (exact) mass is 384 g/mol. The van der Waals surface area contributed by atoms with Crippen molar-refractivity contribution in [2.24, 2.45) is 0 Å². The number of benzene rings is 2. The topological polar surface area (TPSA) is 55.2 Å². The van der Waals surface area contributed by atoms with E-state index in [2.05, 4.69) is 10.2 Å². The van der Waals surface area contributed by atoms with E-state index in [1.54, 1.807) is 0 Å². The predicted molar refractivity (Wildman–Crippen MR) is 111 cm³/mol. The lowest BCUT2D eigenvalue weighted by molar-refractivity contribution is -0.871. The molecule has 0 aliphatic carbocycles. The Labute approximate surface area is 167 Å². The molecule has 0 aromatic heterocycles. The van der Waals surface area contributed by atoms with E-state index in [1.807, 2.05) is 62.5 Å². The Kier molecular flexibility index (Phi) is 7.28. The second-order valence-electron chi connectivity index (χ2n) is 7.19. The zero-order valence-corrected chi connectivity index (χ0v) is 16.7. The molecule has 1 saturated heterocycles. The van der Waals surface area contributed by atoms with Gasteiger partial charge in [0.05, 0.1) is 20.3 Å². The van der Waals surface area contributed by atoms with E-state index in [0.717, 1.165) is 60.4 Å². The molecule has 0 saturated carbocycles. The van der Waals surface area contributed by atoms with Crippen LogP contribution in [0.25, 0.3) is 0 Å². The lowest BCUT2D eigenvalue weighted by atomic mass is 10.2. The molecule has 0 spiro atoms. The molecule has 1 amide bonds. The molecule has 3 rings (SSSR count). The van der Waals surface area contributed by atoms with E-state index >= 15 is 0 Å². The highest BCUT2D eigenvalue weighted by Crippen LogP contribution is 2.19. The van der Waals surface area contributed by atoms with Crippen molar-refractivity contribution in [1.29, 1.82) is 0 Å².